The van der Waals surface area contributed by atoms with Crippen molar-refractivity contribution in [3.63, 3.8) is 0 Å². The molecule has 3 aromatic rings. The molecule has 3 rings (SSSR count). The van der Waals surface area contributed by atoms with E-state index in [-0.39, 0.29) is 34.1 Å². The maximum Gasteiger partial charge on any atom is 0.257 e. The summed E-state index contributed by atoms with van der Waals surface area (Å²) < 4.78 is 26.5. The van der Waals surface area contributed by atoms with Crippen molar-refractivity contribution in [2.45, 2.75) is 13.3 Å². The Morgan fingerprint density at radius 1 is 1.17 bits per heavy atom. The molecule has 1 amide bonds. The molecule has 0 aliphatic heterocycles. The van der Waals surface area contributed by atoms with Crippen molar-refractivity contribution in [2.75, 3.05) is 21.5 Å². The van der Waals surface area contributed by atoms with Crippen LogP contribution in [0, 0.1) is 11.3 Å². The zero-order valence-electron chi connectivity index (χ0n) is 15.5. The van der Waals surface area contributed by atoms with Crippen LogP contribution in [0.4, 0.5) is 17.2 Å². The number of fused-ring (bicyclic) bond motifs is 1. The number of nitrogens with one attached hydrogen (secondary N) is 2. The summed E-state index contributed by atoms with van der Waals surface area (Å²) >= 11 is 0. The third kappa shape index (κ3) is 4.25. The predicted molar refractivity (Wildman–Crippen MR) is 111 cm³/mol. The largest absolute Gasteiger partial charge is 0.383 e. The predicted octanol–water partition coefficient (Wildman–Crippen LogP) is 2.49. The van der Waals surface area contributed by atoms with Gasteiger partial charge in [0.25, 0.3) is 5.91 Å². The van der Waals surface area contributed by atoms with E-state index >= 15 is 0 Å². The summed E-state index contributed by atoms with van der Waals surface area (Å²) in [4.78, 5) is 20.9. The third-order valence-corrected chi connectivity index (χ3v) is 5.58. The first-order valence-electron chi connectivity index (χ1n) is 8.70. The minimum atomic E-state index is -3.59. The number of rotatable bonds is 6. The van der Waals surface area contributed by atoms with E-state index in [1.165, 1.54) is 18.5 Å². The lowest BCUT2D eigenvalue weighted by Crippen LogP contribution is -2.18. The Hall–Kier alpha value is -3.71. The Labute approximate surface area is 167 Å². The molecular formula is C19H18N6O3S. The molecule has 0 saturated heterocycles. The fraction of sp³-hybridized carbons (Fsp3) is 0.158. The first-order chi connectivity index (χ1) is 13.9. The van der Waals surface area contributed by atoms with Crippen LogP contribution in [0.15, 0.2) is 42.7 Å². The van der Waals surface area contributed by atoms with Gasteiger partial charge in [-0.25, -0.2) is 18.4 Å². The lowest BCUT2D eigenvalue weighted by Gasteiger charge is -2.13. The van der Waals surface area contributed by atoms with Crippen molar-refractivity contribution in [3.8, 4) is 6.07 Å². The maximum absolute atomic E-state index is 12.8. The fourth-order valence-corrected chi connectivity index (χ4v) is 3.97. The van der Waals surface area contributed by atoms with Crippen molar-refractivity contribution in [1.29, 1.82) is 5.26 Å². The Morgan fingerprint density at radius 2 is 1.90 bits per heavy atom. The molecule has 1 aromatic heterocycles. The van der Waals surface area contributed by atoms with E-state index in [1.54, 1.807) is 31.2 Å². The van der Waals surface area contributed by atoms with Crippen LogP contribution in [0.2, 0.25) is 0 Å². The molecule has 0 saturated carbocycles. The third-order valence-electron chi connectivity index (χ3n) is 4.10. The van der Waals surface area contributed by atoms with Gasteiger partial charge in [0.05, 0.1) is 33.8 Å². The zero-order chi connectivity index (χ0) is 21.0. The number of anilines is 3. The molecule has 9 nitrogen and oxygen atoms in total. The molecule has 2 aromatic carbocycles. The number of nitriles is 1. The smallest absolute Gasteiger partial charge is 0.257 e. The van der Waals surface area contributed by atoms with Gasteiger partial charge in [0, 0.05) is 5.39 Å². The second-order valence-corrected chi connectivity index (χ2v) is 8.02. The van der Waals surface area contributed by atoms with E-state index < -0.39 is 15.9 Å². The van der Waals surface area contributed by atoms with E-state index in [0.717, 1.165) is 0 Å². The van der Waals surface area contributed by atoms with E-state index in [0.29, 0.717) is 17.3 Å². The zero-order valence-corrected chi connectivity index (χ0v) is 16.3. The topological polar surface area (TPSA) is 151 Å². The van der Waals surface area contributed by atoms with Crippen LogP contribution in [0.1, 0.15) is 29.3 Å². The van der Waals surface area contributed by atoms with Crippen LogP contribution in [0.3, 0.4) is 0 Å². The highest BCUT2D eigenvalue weighted by atomic mass is 32.2. The van der Waals surface area contributed by atoms with Gasteiger partial charge in [-0.3, -0.25) is 9.52 Å². The second kappa shape index (κ2) is 8.12. The van der Waals surface area contributed by atoms with Gasteiger partial charge < -0.3 is 11.1 Å². The number of nitrogens with zero attached hydrogens (tertiary/aromatic N) is 3. The molecule has 0 fully saturated rings. The van der Waals surface area contributed by atoms with E-state index in [9.17, 15) is 18.5 Å². The van der Waals surface area contributed by atoms with Crippen molar-refractivity contribution in [2.24, 2.45) is 0 Å². The van der Waals surface area contributed by atoms with Crippen molar-refractivity contribution < 1.29 is 13.2 Å². The van der Waals surface area contributed by atoms with Gasteiger partial charge in [-0.15, -0.1) is 0 Å². The summed E-state index contributed by atoms with van der Waals surface area (Å²) in [5.41, 5.74) is 6.74. The van der Waals surface area contributed by atoms with Gasteiger partial charge >= 0.3 is 0 Å². The number of hydrogen-bond donors (Lipinski definition) is 3. The lowest BCUT2D eigenvalue weighted by molar-refractivity contribution is 0.102. The molecular weight excluding hydrogens is 392 g/mol. The Balaban J connectivity index is 1.97. The van der Waals surface area contributed by atoms with Crippen LogP contribution in [-0.2, 0) is 10.0 Å². The first kappa shape index (κ1) is 20.0. The molecule has 10 heteroatoms. The molecule has 0 spiro atoms. The second-order valence-electron chi connectivity index (χ2n) is 6.18. The number of nitrogen functional groups attached to an aromatic ring is 1. The summed E-state index contributed by atoms with van der Waals surface area (Å²) in [6, 6.07) is 11.4. The van der Waals surface area contributed by atoms with Gasteiger partial charge in [0.2, 0.25) is 10.0 Å². The molecule has 0 bridgehead atoms. The number of carbonyl (C=O) groups excluding carboxylic acids is 1. The number of aromatic nitrogens is 2. The standard InChI is InChI=1S/C19H18N6O3S/c1-2-9-29(27,28)25-16-8-4-7-15(14(16)10-20)24-19(26)13-6-3-5-12-17(13)22-11-23-18(12)21/h3-8,11,25H,2,9H2,1H3,(H,24,26)(H2,21,22,23). The maximum atomic E-state index is 12.8. The number of hydrogen-bond acceptors (Lipinski definition) is 7. The van der Waals surface area contributed by atoms with Crippen LogP contribution < -0.4 is 15.8 Å². The molecule has 0 unspecified atom stereocenters. The number of sulfonamides is 1. The number of benzene rings is 2. The van der Waals surface area contributed by atoms with E-state index in [2.05, 4.69) is 20.0 Å². The summed E-state index contributed by atoms with van der Waals surface area (Å²) in [7, 11) is -3.59. The molecule has 0 radical (unpaired) electrons. The minimum Gasteiger partial charge on any atom is -0.383 e. The van der Waals surface area contributed by atoms with Crippen molar-refractivity contribution in [1.82, 2.24) is 9.97 Å². The summed E-state index contributed by atoms with van der Waals surface area (Å²) in [6.45, 7) is 1.74. The number of para-hydroxylation sites is 1. The SMILES string of the molecule is CCCS(=O)(=O)Nc1cccc(NC(=O)c2cccc3c(N)ncnc23)c1C#N. The molecule has 4 N–H and O–H groups in total. The van der Waals surface area contributed by atoms with Crippen LogP contribution in [0.5, 0.6) is 0 Å². The number of carbonyl (C=O) groups is 1. The Morgan fingerprint density at radius 3 is 2.62 bits per heavy atom. The van der Waals surface area contributed by atoms with Gasteiger partial charge in [0.15, 0.2) is 0 Å². The Kier molecular flexibility index (Phi) is 5.61. The normalized spacial score (nSPS) is 11.0. The molecule has 0 aliphatic carbocycles. The minimum absolute atomic E-state index is 0.00917. The quantitative estimate of drug-likeness (QED) is 0.564. The summed E-state index contributed by atoms with van der Waals surface area (Å²) in [5.74, 6) is -0.348. The van der Waals surface area contributed by atoms with Crippen LogP contribution in [0.25, 0.3) is 10.9 Å². The van der Waals surface area contributed by atoms with Crippen molar-refractivity contribution >= 4 is 44.0 Å². The average molecular weight is 410 g/mol. The van der Waals surface area contributed by atoms with Crippen LogP contribution in [-0.4, -0.2) is 30.0 Å². The molecule has 0 atom stereocenters. The van der Waals surface area contributed by atoms with E-state index in [4.69, 9.17) is 5.73 Å². The first-order valence-corrected chi connectivity index (χ1v) is 10.4. The molecule has 148 valence electrons. The molecule has 1 heterocycles. The van der Waals surface area contributed by atoms with E-state index in [1.807, 2.05) is 6.07 Å². The van der Waals surface area contributed by atoms with Gasteiger partial charge in [-0.2, -0.15) is 5.26 Å². The highest BCUT2D eigenvalue weighted by molar-refractivity contribution is 7.92. The monoisotopic (exact) mass is 410 g/mol. The number of nitrogens with two attached hydrogens (primary N) is 1. The summed E-state index contributed by atoms with van der Waals surface area (Å²) in [5, 5.41) is 12.7. The molecule has 29 heavy (non-hydrogen) atoms. The summed E-state index contributed by atoms with van der Waals surface area (Å²) in [6.07, 6.45) is 1.69. The highest BCUT2D eigenvalue weighted by Crippen LogP contribution is 2.26. The highest BCUT2D eigenvalue weighted by Gasteiger charge is 2.18. The van der Waals surface area contributed by atoms with Crippen LogP contribution >= 0.6 is 0 Å². The van der Waals surface area contributed by atoms with Gasteiger partial charge in [0.1, 0.15) is 18.2 Å². The lowest BCUT2D eigenvalue weighted by atomic mass is 10.1. The Bertz CT molecular complexity index is 1230. The average Bonchev–Trinajstić information content (AvgIpc) is 2.67. The number of amides is 1. The van der Waals surface area contributed by atoms with Gasteiger partial charge in [-0.05, 0) is 30.7 Å². The van der Waals surface area contributed by atoms with Gasteiger partial charge in [-0.1, -0.05) is 19.1 Å². The fourth-order valence-electron chi connectivity index (χ4n) is 2.83. The van der Waals surface area contributed by atoms with Crippen molar-refractivity contribution in [3.05, 3.63) is 53.9 Å². The molecule has 0 aliphatic rings.